The quantitative estimate of drug-likeness (QED) is 0.478. The number of hydrogen-bond acceptors (Lipinski definition) is 4. The minimum absolute atomic E-state index is 0.0160. The molecule has 0 radical (unpaired) electrons. The zero-order valence-corrected chi connectivity index (χ0v) is 22.3. The Bertz CT molecular complexity index is 1080. The molecule has 0 saturated carbocycles. The van der Waals surface area contributed by atoms with Crippen LogP contribution in [0, 0.1) is 9.39 Å². The van der Waals surface area contributed by atoms with Crippen molar-refractivity contribution in [3.8, 4) is 0 Å². The van der Waals surface area contributed by atoms with Crippen LogP contribution >= 0.6 is 22.6 Å². The summed E-state index contributed by atoms with van der Waals surface area (Å²) >= 11 is 2.10. The van der Waals surface area contributed by atoms with Gasteiger partial charge >= 0.3 is 0 Å². The second-order valence-electron chi connectivity index (χ2n) is 8.81. The number of rotatable bonds is 8. The van der Waals surface area contributed by atoms with E-state index < -0.39 is 39.9 Å². The molecule has 0 saturated heterocycles. The lowest BCUT2D eigenvalue weighted by Crippen LogP contribution is -2.54. The van der Waals surface area contributed by atoms with Gasteiger partial charge in [0.05, 0.1) is 11.9 Å². The third-order valence-corrected chi connectivity index (χ3v) is 6.59. The topological polar surface area (TPSA) is 86.8 Å². The van der Waals surface area contributed by atoms with Crippen LogP contribution in [0.5, 0.6) is 0 Å². The van der Waals surface area contributed by atoms with Gasteiger partial charge in [-0.1, -0.05) is 12.1 Å². The predicted octanol–water partition coefficient (Wildman–Crippen LogP) is 3.53. The number of anilines is 1. The summed E-state index contributed by atoms with van der Waals surface area (Å²) in [6.45, 7) is 6.60. The zero-order chi connectivity index (χ0) is 25.0. The fourth-order valence-corrected chi connectivity index (χ4v) is 4.27. The average Bonchev–Trinajstić information content (AvgIpc) is 2.69. The average molecular weight is 589 g/mol. The van der Waals surface area contributed by atoms with Gasteiger partial charge in [0.2, 0.25) is 21.8 Å². The molecule has 10 heteroatoms. The molecule has 0 aliphatic rings. The van der Waals surface area contributed by atoms with Crippen LogP contribution in [0.15, 0.2) is 48.5 Å². The van der Waals surface area contributed by atoms with Gasteiger partial charge in [-0.3, -0.25) is 13.9 Å². The van der Waals surface area contributed by atoms with Gasteiger partial charge in [0.1, 0.15) is 18.4 Å². The molecule has 0 fully saturated rings. The molecule has 2 aromatic rings. The molecule has 1 N–H and O–H groups in total. The monoisotopic (exact) mass is 589 g/mol. The number of carbonyl (C=O) groups excluding carboxylic acids is 2. The van der Waals surface area contributed by atoms with E-state index in [1.807, 2.05) is 20.8 Å². The van der Waals surface area contributed by atoms with Crippen LogP contribution in [-0.4, -0.2) is 49.5 Å². The lowest BCUT2D eigenvalue weighted by Gasteiger charge is -2.33. The van der Waals surface area contributed by atoms with E-state index >= 15 is 0 Å². The summed E-state index contributed by atoms with van der Waals surface area (Å²) in [6, 6.07) is 11.4. The molecule has 180 valence electrons. The molecule has 0 aliphatic heterocycles. The third-order valence-electron chi connectivity index (χ3n) is 4.73. The van der Waals surface area contributed by atoms with Gasteiger partial charge in [-0.25, -0.2) is 12.8 Å². The SMILES string of the molecule is CC(C(=O)NC(C)(C)C)N(Cc1ccc(F)cc1)C(=O)CN(c1ccc(I)cc1)S(C)(=O)=O. The van der Waals surface area contributed by atoms with Crippen LogP contribution in [-0.2, 0) is 26.2 Å². The Labute approximate surface area is 208 Å². The molecular formula is C23H29FIN3O4S. The first-order chi connectivity index (χ1) is 15.2. The summed E-state index contributed by atoms with van der Waals surface area (Å²) < 4.78 is 40.3. The second-order valence-corrected chi connectivity index (χ2v) is 12.0. The number of nitrogens with zero attached hydrogens (tertiary/aromatic N) is 2. The van der Waals surface area contributed by atoms with Gasteiger partial charge in [0, 0.05) is 15.7 Å². The minimum Gasteiger partial charge on any atom is -0.350 e. The molecule has 7 nitrogen and oxygen atoms in total. The first kappa shape index (κ1) is 27.0. The smallest absolute Gasteiger partial charge is 0.244 e. The van der Waals surface area contributed by atoms with Gasteiger partial charge in [0.15, 0.2) is 0 Å². The van der Waals surface area contributed by atoms with Crippen molar-refractivity contribution in [2.75, 3.05) is 17.1 Å². The van der Waals surface area contributed by atoms with Crippen molar-refractivity contribution in [3.05, 3.63) is 63.5 Å². The van der Waals surface area contributed by atoms with Crippen LogP contribution in [0.25, 0.3) is 0 Å². The number of amides is 2. The normalized spacial score (nSPS) is 12.7. The standard InChI is InChI=1S/C23H29FIN3O4S/c1-16(22(30)26-23(2,3)4)27(14-17-6-8-18(24)9-7-17)21(29)15-28(33(5,31)32)20-12-10-19(25)11-13-20/h6-13,16H,14-15H2,1-5H3,(H,26,30). The second kappa shape index (κ2) is 10.8. The summed E-state index contributed by atoms with van der Waals surface area (Å²) in [6.07, 6.45) is 1.03. The molecule has 33 heavy (non-hydrogen) atoms. The van der Waals surface area contributed by atoms with Gasteiger partial charge < -0.3 is 10.2 Å². The molecule has 0 spiro atoms. The molecule has 0 aliphatic carbocycles. The number of sulfonamides is 1. The molecule has 0 bridgehead atoms. The van der Waals surface area contributed by atoms with Crippen LogP contribution in [0.2, 0.25) is 0 Å². The van der Waals surface area contributed by atoms with Crippen molar-refractivity contribution in [3.63, 3.8) is 0 Å². The van der Waals surface area contributed by atoms with E-state index in [-0.39, 0.29) is 12.5 Å². The van der Waals surface area contributed by atoms with Crippen LogP contribution in [0.3, 0.4) is 0 Å². The van der Waals surface area contributed by atoms with Crippen molar-refractivity contribution in [2.45, 2.75) is 45.8 Å². The Hall–Kier alpha value is -2.21. The predicted molar refractivity (Wildman–Crippen MR) is 136 cm³/mol. The summed E-state index contributed by atoms with van der Waals surface area (Å²) in [5.41, 5.74) is 0.441. The van der Waals surface area contributed by atoms with Gasteiger partial charge in [-0.15, -0.1) is 0 Å². The Balaban J connectivity index is 2.38. The van der Waals surface area contributed by atoms with E-state index in [2.05, 4.69) is 27.9 Å². The van der Waals surface area contributed by atoms with Gasteiger partial charge in [0.25, 0.3) is 0 Å². The molecule has 2 aromatic carbocycles. The Morgan fingerprint density at radius 3 is 2.09 bits per heavy atom. The zero-order valence-electron chi connectivity index (χ0n) is 19.3. The van der Waals surface area contributed by atoms with E-state index in [9.17, 15) is 22.4 Å². The first-order valence-electron chi connectivity index (χ1n) is 10.3. The third kappa shape index (κ3) is 8.26. The van der Waals surface area contributed by atoms with E-state index in [1.165, 1.54) is 29.2 Å². The Morgan fingerprint density at radius 1 is 1.06 bits per heavy atom. The van der Waals surface area contributed by atoms with Crippen molar-refractivity contribution in [1.82, 2.24) is 10.2 Å². The maximum absolute atomic E-state index is 13.4. The van der Waals surface area contributed by atoms with E-state index in [0.29, 0.717) is 11.3 Å². The van der Waals surface area contributed by atoms with Crippen molar-refractivity contribution in [1.29, 1.82) is 0 Å². The minimum atomic E-state index is -3.78. The van der Waals surface area contributed by atoms with E-state index in [0.717, 1.165) is 14.1 Å². The lowest BCUT2D eigenvalue weighted by atomic mass is 10.1. The lowest BCUT2D eigenvalue weighted by molar-refractivity contribution is -0.140. The number of halogens is 2. The van der Waals surface area contributed by atoms with E-state index in [4.69, 9.17) is 0 Å². The van der Waals surface area contributed by atoms with Gasteiger partial charge in [-0.05, 0) is 92.2 Å². The first-order valence-corrected chi connectivity index (χ1v) is 13.2. The molecule has 2 rings (SSSR count). The highest BCUT2D eigenvalue weighted by molar-refractivity contribution is 14.1. The Morgan fingerprint density at radius 2 is 1.61 bits per heavy atom. The van der Waals surface area contributed by atoms with Crippen LogP contribution in [0.4, 0.5) is 10.1 Å². The molecule has 1 unspecified atom stereocenters. The van der Waals surface area contributed by atoms with Crippen molar-refractivity contribution in [2.24, 2.45) is 0 Å². The number of hydrogen-bond donors (Lipinski definition) is 1. The van der Waals surface area contributed by atoms with Crippen molar-refractivity contribution >= 4 is 50.1 Å². The number of nitrogens with one attached hydrogen (secondary N) is 1. The molecule has 1 atom stereocenters. The van der Waals surface area contributed by atoms with E-state index in [1.54, 1.807) is 31.2 Å². The molecular weight excluding hydrogens is 560 g/mol. The summed E-state index contributed by atoms with van der Waals surface area (Å²) in [7, 11) is -3.78. The molecule has 2 amide bonds. The maximum Gasteiger partial charge on any atom is 0.244 e. The number of carbonyl (C=O) groups is 2. The van der Waals surface area contributed by atoms with Crippen molar-refractivity contribution < 1.29 is 22.4 Å². The number of benzene rings is 2. The fraction of sp³-hybridized carbons (Fsp3) is 0.391. The Kier molecular flexibility index (Phi) is 8.86. The largest absolute Gasteiger partial charge is 0.350 e. The molecule has 0 heterocycles. The highest BCUT2D eigenvalue weighted by Crippen LogP contribution is 2.20. The van der Waals surface area contributed by atoms with Gasteiger partial charge in [-0.2, -0.15) is 0 Å². The summed E-state index contributed by atoms with van der Waals surface area (Å²) in [5, 5.41) is 2.85. The highest BCUT2D eigenvalue weighted by Gasteiger charge is 2.31. The summed E-state index contributed by atoms with van der Waals surface area (Å²) in [4.78, 5) is 27.5. The fourth-order valence-electron chi connectivity index (χ4n) is 3.06. The summed E-state index contributed by atoms with van der Waals surface area (Å²) in [5.74, 6) is -1.35. The van der Waals surface area contributed by atoms with Crippen LogP contribution in [0.1, 0.15) is 33.3 Å². The maximum atomic E-state index is 13.4. The van der Waals surface area contributed by atoms with Crippen LogP contribution < -0.4 is 9.62 Å². The highest BCUT2D eigenvalue weighted by atomic mass is 127. The molecule has 0 aromatic heterocycles.